The lowest BCUT2D eigenvalue weighted by molar-refractivity contribution is 0.0557. The fourth-order valence-corrected chi connectivity index (χ4v) is 3.72. The molecule has 1 aromatic rings. The molecule has 1 atom stereocenters. The van der Waals surface area contributed by atoms with E-state index >= 15 is 0 Å². The molecule has 1 unspecified atom stereocenters. The highest BCUT2D eigenvalue weighted by molar-refractivity contribution is 6.30. The van der Waals surface area contributed by atoms with Crippen molar-refractivity contribution < 1.29 is 4.74 Å². The van der Waals surface area contributed by atoms with E-state index in [1.54, 1.807) is 7.11 Å². The normalized spacial score (nSPS) is 27.7. The maximum absolute atomic E-state index is 6.72. The molecule has 4 heteroatoms. The van der Waals surface area contributed by atoms with Gasteiger partial charge in [-0.2, -0.15) is 0 Å². The second kappa shape index (κ2) is 6.55. The fraction of sp³-hybridized carbons (Fsp3) is 0.647. The van der Waals surface area contributed by atoms with Gasteiger partial charge in [-0.15, -0.1) is 0 Å². The average Bonchev–Trinajstić information content (AvgIpc) is 2.47. The molecule has 0 radical (unpaired) electrons. The van der Waals surface area contributed by atoms with Crippen LogP contribution >= 0.6 is 11.6 Å². The van der Waals surface area contributed by atoms with E-state index in [0.717, 1.165) is 30.1 Å². The molecule has 0 aromatic heterocycles. The van der Waals surface area contributed by atoms with E-state index in [1.165, 1.54) is 12.8 Å². The van der Waals surface area contributed by atoms with E-state index in [9.17, 15) is 0 Å². The molecule has 1 saturated carbocycles. The molecule has 0 spiro atoms. The summed E-state index contributed by atoms with van der Waals surface area (Å²) in [6.07, 6.45) is 4.65. The predicted molar refractivity (Wildman–Crippen MR) is 89.0 cm³/mol. The first-order valence-electron chi connectivity index (χ1n) is 7.67. The summed E-state index contributed by atoms with van der Waals surface area (Å²) in [5, 5.41) is 0.708. The molecule has 1 aliphatic carbocycles. The van der Waals surface area contributed by atoms with Crippen LogP contribution in [0.2, 0.25) is 5.02 Å². The number of nitrogens with two attached hydrogens (primary N) is 1. The molecule has 0 saturated heterocycles. The van der Waals surface area contributed by atoms with Gasteiger partial charge in [0.15, 0.2) is 0 Å². The zero-order valence-electron chi connectivity index (χ0n) is 13.5. The molecular weight excluding hydrogens is 284 g/mol. The Bertz CT molecular complexity index is 482. The quantitative estimate of drug-likeness (QED) is 0.917. The van der Waals surface area contributed by atoms with Gasteiger partial charge in [0, 0.05) is 16.1 Å². The molecule has 0 bridgehead atoms. The Morgan fingerprint density at radius 1 is 1.33 bits per heavy atom. The van der Waals surface area contributed by atoms with Crippen LogP contribution in [0.5, 0.6) is 5.75 Å². The fourth-order valence-electron chi connectivity index (χ4n) is 3.54. The van der Waals surface area contributed by atoms with Crippen LogP contribution in [0.15, 0.2) is 18.2 Å². The Balaban J connectivity index is 2.39. The molecule has 0 aliphatic heterocycles. The van der Waals surface area contributed by atoms with Crippen molar-refractivity contribution in [2.75, 3.05) is 21.2 Å². The summed E-state index contributed by atoms with van der Waals surface area (Å²) in [5.41, 5.74) is 7.70. The third-order valence-electron chi connectivity index (χ3n) is 5.14. The van der Waals surface area contributed by atoms with E-state index in [0.29, 0.717) is 5.02 Å². The van der Waals surface area contributed by atoms with Crippen LogP contribution < -0.4 is 10.5 Å². The summed E-state index contributed by atoms with van der Waals surface area (Å²) in [6.45, 7) is 2.32. The molecular formula is C17H27ClN2O. The van der Waals surface area contributed by atoms with Gasteiger partial charge in [-0.1, -0.05) is 18.5 Å². The Kier molecular flexibility index (Phi) is 5.18. The molecule has 2 rings (SSSR count). The molecule has 1 aliphatic rings. The maximum atomic E-state index is 6.72. The van der Waals surface area contributed by atoms with E-state index in [2.05, 4.69) is 25.9 Å². The van der Waals surface area contributed by atoms with Gasteiger partial charge < -0.3 is 15.4 Å². The largest absolute Gasteiger partial charge is 0.496 e. The first kappa shape index (κ1) is 16.6. The highest BCUT2D eigenvalue weighted by Crippen LogP contribution is 2.44. The number of halogens is 1. The Morgan fingerprint density at radius 3 is 2.48 bits per heavy atom. The molecule has 2 N–H and O–H groups in total. The number of ether oxygens (including phenoxy) is 1. The molecule has 1 fully saturated rings. The van der Waals surface area contributed by atoms with E-state index in [4.69, 9.17) is 22.1 Å². The SMILES string of the molecule is COc1ccc(Cl)cc1C(N)C1(N(C)C)CCC(C)CC1. The van der Waals surface area contributed by atoms with Crippen molar-refractivity contribution in [3.8, 4) is 5.75 Å². The number of hydrogen-bond acceptors (Lipinski definition) is 3. The average molecular weight is 311 g/mol. The van der Waals surface area contributed by atoms with Crippen molar-refractivity contribution >= 4 is 11.6 Å². The van der Waals surface area contributed by atoms with Crippen molar-refractivity contribution in [1.29, 1.82) is 0 Å². The first-order valence-corrected chi connectivity index (χ1v) is 8.05. The monoisotopic (exact) mass is 310 g/mol. The van der Waals surface area contributed by atoms with Crippen LogP contribution in [0.1, 0.15) is 44.2 Å². The van der Waals surface area contributed by atoms with Gasteiger partial charge in [0.1, 0.15) is 5.75 Å². The summed E-state index contributed by atoms with van der Waals surface area (Å²) >= 11 is 6.18. The lowest BCUT2D eigenvalue weighted by atomic mass is 9.70. The third kappa shape index (κ3) is 3.20. The highest BCUT2D eigenvalue weighted by Gasteiger charge is 2.43. The van der Waals surface area contributed by atoms with Gasteiger partial charge in [0.2, 0.25) is 0 Å². The van der Waals surface area contributed by atoms with Crippen LogP contribution in [0.25, 0.3) is 0 Å². The Hall–Kier alpha value is -0.770. The van der Waals surface area contributed by atoms with Crippen LogP contribution in [0.3, 0.4) is 0 Å². The Labute approximate surface area is 133 Å². The van der Waals surface area contributed by atoms with E-state index < -0.39 is 0 Å². The number of nitrogens with zero attached hydrogens (tertiary/aromatic N) is 1. The van der Waals surface area contributed by atoms with Crippen LogP contribution in [-0.2, 0) is 0 Å². The standard InChI is InChI=1S/C17H27ClN2O/c1-12-7-9-17(10-8-12,20(2)3)16(19)14-11-13(18)5-6-15(14)21-4/h5-6,11-12,16H,7-10,19H2,1-4H3. The van der Waals surface area contributed by atoms with Crippen molar-refractivity contribution in [3.05, 3.63) is 28.8 Å². The second-order valence-electron chi connectivity index (χ2n) is 6.54. The van der Waals surface area contributed by atoms with Gasteiger partial charge in [-0.3, -0.25) is 0 Å². The van der Waals surface area contributed by atoms with E-state index in [-0.39, 0.29) is 11.6 Å². The minimum atomic E-state index is -0.103. The lowest BCUT2D eigenvalue weighted by Gasteiger charge is -2.48. The highest BCUT2D eigenvalue weighted by atomic mass is 35.5. The van der Waals surface area contributed by atoms with Gasteiger partial charge >= 0.3 is 0 Å². The zero-order valence-corrected chi connectivity index (χ0v) is 14.3. The summed E-state index contributed by atoms with van der Waals surface area (Å²) in [6, 6.07) is 5.61. The van der Waals surface area contributed by atoms with Crippen LogP contribution in [-0.4, -0.2) is 31.6 Å². The lowest BCUT2D eigenvalue weighted by Crippen LogP contribution is -2.54. The predicted octanol–water partition coefficient (Wildman–Crippen LogP) is 3.86. The van der Waals surface area contributed by atoms with Crippen LogP contribution in [0.4, 0.5) is 0 Å². The van der Waals surface area contributed by atoms with Crippen LogP contribution in [0, 0.1) is 5.92 Å². The van der Waals surface area contributed by atoms with Crippen molar-refractivity contribution in [1.82, 2.24) is 4.90 Å². The zero-order chi connectivity index (χ0) is 15.6. The van der Waals surface area contributed by atoms with Gasteiger partial charge in [-0.05, 0) is 63.9 Å². The maximum Gasteiger partial charge on any atom is 0.123 e. The van der Waals surface area contributed by atoms with Gasteiger partial charge in [0.05, 0.1) is 13.2 Å². The second-order valence-corrected chi connectivity index (χ2v) is 6.98. The summed E-state index contributed by atoms with van der Waals surface area (Å²) in [7, 11) is 5.95. The van der Waals surface area contributed by atoms with Crippen molar-refractivity contribution in [3.63, 3.8) is 0 Å². The Morgan fingerprint density at radius 2 is 1.95 bits per heavy atom. The van der Waals surface area contributed by atoms with Gasteiger partial charge in [0.25, 0.3) is 0 Å². The summed E-state index contributed by atoms with van der Waals surface area (Å²) in [4.78, 5) is 2.30. The third-order valence-corrected chi connectivity index (χ3v) is 5.37. The number of likely N-dealkylation sites (N-methyl/N-ethyl adjacent to an activating group) is 1. The molecule has 1 aromatic carbocycles. The first-order chi connectivity index (χ1) is 9.90. The summed E-state index contributed by atoms with van der Waals surface area (Å²) in [5.74, 6) is 1.61. The summed E-state index contributed by atoms with van der Waals surface area (Å²) < 4.78 is 5.50. The number of rotatable bonds is 4. The molecule has 3 nitrogen and oxygen atoms in total. The molecule has 118 valence electrons. The molecule has 0 heterocycles. The van der Waals surface area contributed by atoms with Crippen molar-refractivity contribution in [2.45, 2.75) is 44.2 Å². The topological polar surface area (TPSA) is 38.5 Å². The van der Waals surface area contributed by atoms with Crippen molar-refractivity contribution in [2.24, 2.45) is 11.7 Å². The number of benzene rings is 1. The minimum Gasteiger partial charge on any atom is -0.496 e. The smallest absolute Gasteiger partial charge is 0.123 e. The number of methoxy groups -OCH3 is 1. The number of hydrogen-bond donors (Lipinski definition) is 1. The minimum absolute atomic E-state index is 0.0233. The molecule has 0 amide bonds. The van der Waals surface area contributed by atoms with Gasteiger partial charge in [-0.25, -0.2) is 0 Å². The van der Waals surface area contributed by atoms with E-state index in [1.807, 2.05) is 18.2 Å². The molecule has 21 heavy (non-hydrogen) atoms.